The van der Waals surface area contributed by atoms with Crippen LogP contribution in [0, 0.1) is 6.92 Å². The number of ether oxygens (including phenoxy) is 1. The summed E-state index contributed by atoms with van der Waals surface area (Å²) < 4.78 is 5.49. The highest BCUT2D eigenvalue weighted by atomic mass is 16.5. The highest BCUT2D eigenvalue weighted by Gasteiger charge is 2.08. The molecule has 0 saturated heterocycles. The Morgan fingerprint density at radius 1 is 1.27 bits per heavy atom. The molecule has 0 heterocycles. The molecule has 0 radical (unpaired) electrons. The van der Waals surface area contributed by atoms with Crippen molar-refractivity contribution in [3.05, 3.63) is 35.4 Å². The predicted molar refractivity (Wildman–Crippen MR) is 63.8 cm³/mol. The van der Waals surface area contributed by atoms with Crippen molar-refractivity contribution in [2.24, 2.45) is 5.73 Å². The standard InChI is InChI=1S/C13H21NO/c1-10(2)15-9-8-13(14)12-7-5-4-6-11(12)3/h4-7,10,13H,8-9,14H2,1-3H3. The zero-order chi connectivity index (χ0) is 11.3. The van der Waals surface area contributed by atoms with Crippen molar-refractivity contribution in [3.8, 4) is 0 Å². The summed E-state index contributed by atoms with van der Waals surface area (Å²) in [6.45, 7) is 6.91. The molecule has 0 aliphatic rings. The zero-order valence-electron chi connectivity index (χ0n) is 9.86. The lowest BCUT2D eigenvalue weighted by atomic mass is 10.00. The van der Waals surface area contributed by atoms with E-state index >= 15 is 0 Å². The average Bonchev–Trinajstić information content (AvgIpc) is 2.17. The molecule has 1 atom stereocenters. The molecule has 84 valence electrons. The number of benzene rings is 1. The monoisotopic (exact) mass is 207 g/mol. The first kappa shape index (κ1) is 12.2. The molecule has 1 aromatic rings. The molecule has 0 bridgehead atoms. The molecular weight excluding hydrogens is 186 g/mol. The van der Waals surface area contributed by atoms with Crippen LogP contribution in [0.4, 0.5) is 0 Å². The van der Waals surface area contributed by atoms with Gasteiger partial charge in [0.15, 0.2) is 0 Å². The van der Waals surface area contributed by atoms with Crippen LogP contribution in [0.2, 0.25) is 0 Å². The minimum Gasteiger partial charge on any atom is -0.379 e. The number of rotatable bonds is 5. The number of aryl methyl sites for hydroxylation is 1. The summed E-state index contributed by atoms with van der Waals surface area (Å²) in [7, 11) is 0. The van der Waals surface area contributed by atoms with E-state index in [0.29, 0.717) is 0 Å². The van der Waals surface area contributed by atoms with Crippen LogP contribution in [0.1, 0.15) is 37.4 Å². The van der Waals surface area contributed by atoms with Crippen molar-refractivity contribution in [2.45, 2.75) is 39.3 Å². The van der Waals surface area contributed by atoms with E-state index in [1.165, 1.54) is 11.1 Å². The van der Waals surface area contributed by atoms with Crippen LogP contribution >= 0.6 is 0 Å². The van der Waals surface area contributed by atoms with Crippen molar-refractivity contribution in [2.75, 3.05) is 6.61 Å². The fraction of sp³-hybridized carbons (Fsp3) is 0.538. The van der Waals surface area contributed by atoms with Crippen LogP contribution in [-0.4, -0.2) is 12.7 Å². The lowest BCUT2D eigenvalue weighted by Crippen LogP contribution is -2.15. The van der Waals surface area contributed by atoms with E-state index in [-0.39, 0.29) is 12.1 Å². The highest BCUT2D eigenvalue weighted by Crippen LogP contribution is 2.17. The van der Waals surface area contributed by atoms with Crippen molar-refractivity contribution in [1.82, 2.24) is 0 Å². The zero-order valence-corrected chi connectivity index (χ0v) is 9.86. The van der Waals surface area contributed by atoms with E-state index in [2.05, 4.69) is 19.1 Å². The Morgan fingerprint density at radius 2 is 1.93 bits per heavy atom. The molecule has 2 nitrogen and oxygen atoms in total. The maximum atomic E-state index is 6.10. The first-order valence-corrected chi connectivity index (χ1v) is 5.54. The second-order valence-corrected chi connectivity index (χ2v) is 4.17. The molecule has 0 aliphatic heterocycles. The van der Waals surface area contributed by atoms with E-state index in [9.17, 15) is 0 Å². The van der Waals surface area contributed by atoms with Gasteiger partial charge in [0.2, 0.25) is 0 Å². The molecule has 1 unspecified atom stereocenters. The van der Waals surface area contributed by atoms with Gasteiger partial charge in [-0.2, -0.15) is 0 Å². The van der Waals surface area contributed by atoms with Gasteiger partial charge in [-0.1, -0.05) is 24.3 Å². The van der Waals surface area contributed by atoms with Gasteiger partial charge in [0.1, 0.15) is 0 Å². The Morgan fingerprint density at radius 3 is 2.53 bits per heavy atom. The van der Waals surface area contributed by atoms with Crippen LogP contribution in [0.15, 0.2) is 24.3 Å². The molecule has 0 amide bonds. The first-order chi connectivity index (χ1) is 7.11. The summed E-state index contributed by atoms with van der Waals surface area (Å²) >= 11 is 0. The summed E-state index contributed by atoms with van der Waals surface area (Å²) in [4.78, 5) is 0. The number of nitrogens with two attached hydrogens (primary N) is 1. The van der Waals surface area contributed by atoms with Gasteiger partial charge in [-0.3, -0.25) is 0 Å². The normalized spacial score (nSPS) is 13.1. The molecular formula is C13H21NO. The Hall–Kier alpha value is -0.860. The molecule has 1 aromatic carbocycles. The van der Waals surface area contributed by atoms with Crippen molar-refractivity contribution in [1.29, 1.82) is 0 Å². The molecule has 2 N–H and O–H groups in total. The molecule has 0 aliphatic carbocycles. The molecule has 2 heteroatoms. The largest absolute Gasteiger partial charge is 0.379 e. The minimum absolute atomic E-state index is 0.0879. The van der Waals surface area contributed by atoms with E-state index in [1.807, 2.05) is 26.0 Å². The van der Waals surface area contributed by atoms with Crippen molar-refractivity contribution < 1.29 is 4.74 Å². The second-order valence-electron chi connectivity index (χ2n) is 4.17. The summed E-state index contributed by atoms with van der Waals surface area (Å²) in [5.74, 6) is 0. The summed E-state index contributed by atoms with van der Waals surface area (Å²) in [6, 6.07) is 8.35. The van der Waals surface area contributed by atoms with Gasteiger partial charge in [-0.25, -0.2) is 0 Å². The average molecular weight is 207 g/mol. The van der Waals surface area contributed by atoms with Gasteiger partial charge in [-0.05, 0) is 38.3 Å². The fourth-order valence-corrected chi connectivity index (χ4v) is 1.59. The van der Waals surface area contributed by atoms with Crippen molar-refractivity contribution >= 4 is 0 Å². The summed E-state index contributed by atoms with van der Waals surface area (Å²) in [6.07, 6.45) is 1.16. The van der Waals surface area contributed by atoms with Crippen LogP contribution < -0.4 is 5.73 Å². The lowest BCUT2D eigenvalue weighted by Gasteiger charge is -2.15. The maximum absolute atomic E-state index is 6.10. The molecule has 0 aromatic heterocycles. The summed E-state index contributed by atoms with van der Waals surface area (Å²) in [5, 5.41) is 0. The molecule has 0 fully saturated rings. The molecule has 15 heavy (non-hydrogen) atoms. The SMILES string of the molecule is Cc1ccccc1C(N)CCOC(C)C. The van der Waals surface area contributed by atoms with Crippen LogP contribution in [-0.2, 0) is 4.74 Å². The Balaban J connectivity index is 2.47. The second kappa shape index (κ2) is 5.89. The summed E-state index contributed by atoms with van der Waals surface area (Å²) in [5.41, 5.74) is 8.59. The lowest BCUT2D eigenvalue weighted by molar-refractivity contribution is 0.0736. The smallest absolute Gasteiger partial charge is 0.0518 e. The Bertz CT molecular complexity index is 296. The van der Waals surface area contributed by atoms with E-state index in [4.69, 9.17) is 10.5 Å². The van der Waals surface area contributed by atoms with E-state index < -0.39 is 0 Å². The number of hydrogen-bond acceptors (Lipinski definition) is 2. The van der Waals surface area contributed by atoms with Gasteiger partial charge in [0.05, 0.1) is 6.10 Å². The van der Waals surface area contributed by atoms with E-state index in [1.54, 1.807) is 0 Å². The van der Waals surface area contributed by atoms with Crippen LogP contribution in [0.5, 0.6) is 0 Å². The molecule has 0 spiro atoms. The molecule has 0 saturated carbocycles. The van der Waals surface area contributed by atoms with Gasteiger partial charge in [0.25, 0.3) is 0 Å². The Labute approximate surface area is 92.4 Å². The fourth-order valence-electron chi connectivity index (χ4n) is 1.59. The highest BCUT2D eigenvalue weighted by molar-refractivity contribution is 5.28. The van der Waals surface area contributed by atoms with Crippen molar-refractivity contribution in [3.63, 3.8) is 0 Å². The maximum Gasteiger partial charge on any atom is 0.0518 e. The Kier molecular flexibility index (Phi) is 4.79. The van der Waals surface area contributed by atoms with Gasteiger partial charge < -0.3 is 10.5 Å². The van der Waals surface area contributed by atoms with E-state index in [0.717, 1.165) is 13.0 Å². The number of hydrogen-bond donors (Lipinski definition) is 1. The first-order valence-electron chi connectivity index (χ1n) is 5.54. The quantitative estimate of drug-likeness (QED) is 0.805. The molecule has 1 rings (SSSR count). The third-order valence-corrected chi connectivity index (χ3v) is 2.47. The third kappa shape index (κ3) is 4.02. The third-order valence-electron chi connectivity index (χ3n) is 2.47. The van der Waals surface area contributed by atoms with Gasteiger partial charge >= 0.3 is 0 Å². The van der Waals surface area contributed by atoms with Gasteiger partial charge in [-0.15, -0.1) is 0 Å². The van der Waals surface area contributed by atoms with Crippen LogP contribution in [0.25, 0.3) is 0 Å². The van der Waals surface area contributed by atoms with Crippen LogP contribution in [0.3, 0.4) is 0 Å². The topological polar surface area (TPSA) is 35.2 Å². The predicted octanol–water partition coefficient (Wildman–Crippen LogP) is 2.81. The van der Waals surface area contributed by atoms with Gasteiger partial charge in [0, 0.05) is 12.6 Å². The minimum atomic E-state index is 0.0879.